The van der Waals surface area contributed by atoms with Gasteiger partial charge < -0.3 is 10.4 Å². The third kappa shape index (κ3) is 5.80. The molecule has 5 rings (SSSR count). The molecule has 5 aromatic rings. The van der Waals surface area contributed by atoms with Crippen LogP contribution in [0, 0.1) is 18.3 Å². The molecular weight excluding hydrogens is 486 g/mol. The highest BCUT2D eigenvalue weighted by Gasteiger charge is 2.17. The third-order valence-corrected chi connectivity index (χ3v) is 6.83. The number of rotatable bonds is 9. The van der Waals surface area contributed by atoms with Crippen LogP contribution in [0.1, 0.15) is 46.9 Å². The summed E-state index contributed by atoms with van der Waals surface area (Å²) in [7, 11) is 2.01. The molecule has 0 amide bonds. The average Bonchev–Trinajstić information content (AvgIpc) is 3.39. The predicted octanol–water partition coefficient (Wildman–Crippen LogP) is 5.31. The van der Waals surface area contributed by atoms with Gasteiger partial charge in [-0.15, -0.1) is 0 Å². The van der Waals surface area contributed by atoms with Crippen molar-refractivity contribution >= 4 is 11.6 Å². The van der Waals surface area contributed by atoms with Gasteiger partial charge in [0.1, 0.15) is 17.4 Å². The van der Waals surface area contributed by atoms with E-state index in [0.717, 1.165) is 34.6 Å². The molecule has 3 aromatic heterocycles. The zero-order chi connectivity index (χ0) is 27.4. The number of fused-ring (bicyclic) bond motifs is 1. The van der Waals surface area contributed by atoms with Gasteiger partial charge in [0.05, 0.1) is 35.8 Å². The van der Waals surface area contributed by atoms with Crippen LogP contribution in [-0.2, 0) is 6.54 Å². The summed E-state index contributed by atoms with van der Waals surface area (Å²) < 4.78 is 1.94. The summed E-state index contributed by atoms with van der Waals surface area (Å²) in [5, 5.41) is 23.8. The molecule has 0 aliphatic carbocycles. The molecule has 8 nitrogen and oxygen atoms in total. The van der Waals surface area contributed by atoms with Crippen molar-refractivity contribution in [2.75, 3.05) is 18.9 Å². The second-order valence-electron chi connectivity index (χ2n) is 9.83. The number of benzene rings is 2. The maximum Gasteiger partial charge on any atom is 0.223 e. The first-order chi connectivity index (χ1) is 18.9. The van der Waals surface area contributed by atoms with Crippen LogP contribution < -0.4 is 5.32 Å². The molecule has 0 spiro atoms. The number of aliphatic hydroxyl groups is 1. The van der Waals surface area contributed by atoms with Crippen molar-refractivity contribution in [3.63, 3.8) is 0 Å². The summed E-state index contributed by atoms with van der Waals surface area (Å²) in [6.45, 7) is 5.34. The number of imidazole rings is 1. The fourth-order valence-electron chi connectivity index (χ4n) is 4.70. The van der Waals surface area contributed by atoms with Crippen LogP contribution in [0.2, 0.25) is 0 Å². The lowest BCUT2D eigenvalue weighted by molar-refractivity contribution is 0.124. The molecule has 2 aromatic carbocycles. The number of nitrogens with one attached hydrogen (secondary N) is 1. The van der Waals surface area contributed by atoms with E-state index in [1.54, 1.807) is 6.20 Å². The third-order valence-electron chi connectivity index (χ3n) is 6.83. The number of aryl methyl sites for hydroxylation is 1. The molecule has 2 N–H and O–H groups in total. The van der Waals surface area contributed by atoms with Crippen molar-refractivity contribution in [3.8, 4) is 17.5 Å². The zero-order valence-corrected chi connectivity index (χ0v) is 22.3. The Hall–Kier alpha value is -4.58. The second-order valence-corrected chi connectivity index (χ2v) is 9.83. The van der Waals surface area contributed by atoms with Gasteiger partial charge >= 0.3 is 0 Å². The van der Waals surface area contributed by atoms with Gasteiger partial charge in [0.15, 0.2) is 0 Å². The van der Waals surface area contributed by atoms with Crippen LogP contribution in [0.5, 0.6) is 0 Å². The van der Waals surface area contributed by atoms with Crippen molar-refractivity contribution in [2.45, 2.75) is 32.5 Å². The zero-order valence-electron chi connectivity index (χ0n) is 22.3. The number of likely N-dealkylation sites (N-methyl/N-ethyl adjacent to an activating group) is 1. The number of nitrogens with zero attached hydrogens (tertiary/aromatic N) is 6. The minimum atomic E-state index is -0.588. The molecular formula is C31H31N7O. The Kier molecular flexibility index (Phi) is 7.64. The highest BCUT2D eigenvalue weighted by atomic mass is 16.3. The predicted molar refractivity (Wildman–Crippen MR) is 152 cm³/mol. The Morgan fingerprint density at radius 3 is 2.49 bits per heavy atom. The van der Waals surface area contributed by atoms with Gasteiger partial charge in [0.2, 0.25) is 5.95 Å². The van der Waals surface area contributed by atoms with E-state index >= 15 is 0 Å². The molecule has 8 heteroatoms. The molecule has 0 fully saturated rings. The minimum Gasteiger partial charge on any atom is -0.387 e. The van der Waals surface area contributed by atoms with Crippen molar-refractivity contribution in [1.29, 1.82) is 5.26 Å². The van der Waals surface area contributed by atoms with E-state index < -0.39 is 6.10 Å². The summed E-state index contributed by atoms with van der Waals surface area (Å²) in [5.74, 6) is 0.422. The minimum absolute atomic E-state index is 0.0952. The maximum absolute atomic E-state index is 10.8. The van der Waals surface area contributed by atoms with Crippen LogP contribution in [-0.4, -0.2) is 43.0 Å². The van der Waals surface area contributed by atoms with E-state index in [2.05, 4.69) is 38.4 Å². The monoisotopic (exact) mass is 517 g/mol. The van der Waals surface area contributed by atoms with Gasteiger partial charge in [0, 0.05) is 19.3 Å². The van der Waals surface area contributed by atoms with E-state index in [-0.39, 0.29) is 6.04 Å². The van der Waals surface area contributed by atoms with E-state index in [4.69, 9.17) is 4.98 Å². The number of pyridine rings is 1. The average molecular weight is 518 g/mol. The molecule has 3 heterocycles. The van der Waals surface area contributed by atoms with Crippen molar-refractivity contribution in [2.24, 2.45) is 0 Å². The smallest absolute Gasteiger partial charge is 0.223 e. The molecule has 0 saturated carbocycles. The Morgan fingerprint density at radius 2 is 1.74 bits per heavy atom. The summed E-state index contributed by atoms with van der Waals surface area (Å²) in [4.78, 5) is 15.7. The van der Waals surface area contributed by atoms with Crippen molar-refractivity contribution < 1.29 is 5.11 Å². The molecule has 196 valence electrons. The van der Waals surface area contributed by atoms with Gasteiger partial charge in [-0.2, -0.15) is 5.26 Å². The lowest BCUT2D eigenvalue weighted by atomic mass is 10.0. The van der Waals surface area contributed by atoms with Gasteiger partial charge in [-0.1, -0.05) is 60.7 Å². The first kappa shape index (κ1) is 26.0. The number of aromatic nitrogens is 4. The number of nitriles is 1. The highest BCUT2D eigenvalue weighted by molar-refractivity contribution is 5.68. The fraction of sp³-hybridized carbons (Fsp3) is 0.226. The Morgan fingerprint density at radius 1 is 1.00 bits per heavy atom. The summed E-state index contributed by atoms with van der Waals surface area (Å²) in [6.07, 6.45) is 4.60. The molecule has 0 bridgehead atoms. The Labute approximate surface area is 228 Å². The van der Waals surface area contributed by atoms with E-state index in [1.165, 1.54) is 11.8 Å². The maximum atomic E-state index is 10.8. The van der Waals surface area contributed by atoms with E-state index in [0.29, 0.717) is 23.8 Å². The lowest BCUT2D eigenvalue weighted by Crippen LogP contribution is -2.24. The van der Waals surface area contributed by atoms with Crippen LogP contribution >= 0.6 is 0 Å². The first-order valence-electron chi connectivity index (χ1n) is 12.9. The Balaban J connectivity index is 1.28. The molecule has 0 aliphatic heterocycles. The number of aliphatic hydroxyl groups excluding tert-OH is 1. The second kappa shape index (κ2) is 11.4. The van der Waals surface area contributed by atoms with Gasteiger partial charge in [-0.25, -0.2) is 15.0 Å². The van der Waals surface area contributed by atoms with Gasteiger partial charge in [-0.3, -0.25) is 9.30 Å². The largest absolute Gasteiger partial charge is 0.387 e. The molecule has 0 saturated heterocycles. The summed E-state index contributed by atoms with van der Waals surface area (Å²) >= 11 is 0. The SMILES string of the molecule is Cc1cccn2c(-c3nc(N[C@@H](C)c4ccc(C(O)CN(C)Cc5ccccc5)cc4)ncc3C#N)cnc12. The Bertz CT molecular complexity index is 1610. The summed E-state index contributed by atoms with van der Waals surface area (Å²) in [6, 6.07) is 24.2. The number of hydrogen-bond acceptors (Lipinski definition) is 7. The molecule has 39 heavy (non-hydrogen) atoms. The molecule has 0 aliphatic rings. The summed E-state index contributed by atoms with van der Waals surface area (Å²) in [5.41, 5.74) is 6.62. The van der Waals surface area contributed by atoms with Gasteiger partial charge in [0.25, 0.3) is 0 Å². The van der Waals surface area contributed by atoms with Crippen molar-refractivity contribution in [3.05, 3.63) is 113 Å². The van der Waals surface area contributed by atoms with Crippen LogP contribution in [0.25, 0.3) is 17.0 Å². The molecule has 1 unspecified atom stereocenters. The van der Waals surface area contributed by atoms with Crippen molar-refractivity contribution in [1.82, 2.24) is 24.3 Å². The number of hydrogen-bond donors (Lipinski definition) is 2. The van der Waals surface area contributed by atoms with Crippen LogP contribution in [0.3, 0.4) is 0 Å². The van der Waals surface area contributed by atoms with Crippen LogP contribution in [0.15, 0.2) is 85.3 Å². The molecule has 2 atom stereocenters. The van der Waals surface area contributed by atoms with E-state index in [9.17, 15) is 10.4 Å². The van der Waals surface area contributed by atoms with Crippen LogP contribution in [0.4, 0.5) is 5.95 Å². The normalized spacial score (nSPS) is 12.8. The quantitative estimate of drug-likeness (QED) is 0.273. The highest BCUT2D eigenvalue weighted by Crippen LogP contribution is 2.26. The standard InChI is InChI=1S/C31H31N7O/c1-21-8-7-15-38-27(18-33-30(21)38)29-26(16-32)17-34-31(36-29)35-22(2)24-11-13-25(14-12-24)28(39)20-37(3)19-23-9-5-4-6-10-23/h4-15,17-18,22,28,39H,19-20H2,1-3H3,(H,34,35,36)/t22-,28?/m0/s1. The van der Waals surface area contributed by atoms with E-state index in [1.807, 2.05) is 86.1 Å². The fourth-order valence-corrected chi connectivity index (χ4v) is 4.70. The van der Waals surface area contributed by atoms with Gasteiger partial charge in [-0.05, 0) is 49.2 Å². The first-order valence-corrected chi connectivity index (χ1v) is 12.9. The lowest BCUT2D eigenvalue weighted by Gasteiger charge is -2.21. The topological polar surface area (TPSA) is 102 Å². The number of anilines is 1. The molecule has 0 radical (unpaired) electrons.